The van der Waals surface area contributed by atoms with Crippen LogP contribution in [0.4, 0.5) is 4.79 Å². The van der Waals surface area contributed by atoms with Crippen LogP contribution in [0, 0.1) is 0 Å². The number of methoxy groups -OCH3 is 1. The van der Waals surface area contributed by atoms with Gasteiger partial charge < -0.3 is 14.2 Å². The number of esters is 1. The summed E-state index contributed by atoms with van der Waals surface area (Å²) in [6.07, 6.45) is 1.59. The highest BCUT2D eigenvalue weighted by Crippen LogP contribution is 2.39. The molecule has 0 radical (unpaired) electrons. The molecule has 1 aliphatic heterocycles. The quantitative estimate of drug-likeness (QED) is 0.236. The first-order valence-electron chi connectivity index (χ1n) is 11.2. The smallest absolute Gasteiger partial charge is 0.328 e. The highest BCUT2D eigenvalue weighted by atomic mass is 79.9. The normalized spacial score (nSPS) is 15.4. The second-order valence-corrected chi connectivity index (χ2v) is 9.78. The standard InChI is InChI=1S/C27H24BrNO6S/c1-4-34-22-12-19(13-24-25(30)29(27(32)36-24)16(2)26(31)33-3)21(28)14-23(22)35-15-18-10-7-9-17-8-5-6-11-20(17)18/h5-14,16H,4,15H2,1-3H3/b24-13+/t16-/m0/s1. The van der Waals surface area contributed by atoms with Crippen LogP contribution in [0.25, 0.3) is 16.8 Å². The Morgan fingerprint density at radius 3 is 2.56 bits per heavy atom. The largest absolute Gasteiger partial charge is 0.490 e. The van der Waals surface area contributed by atoms with Crippen LogP contribution >= 0.6 is 27.7 Å². The van der Waals surface area contributed by atoms with E-state index in [0.29, 0.717) is 34.7 Å². The molecular weight excluding hydrogens is 546 g/mol. The molecule has 3 aromatic carbocycles. The van der Waals surface area contributed by atoms with Crippen LogP contribution in [0.1, 0.15) is 25.0 Å². The Hall–Kier alpha value is -3.30. The van der Waals surface area contributed by atoms with Crippen molar-refractivity contribution in [3.05, 3.63) is 75.1 Å². The number of imide groups is 1. The maximum Gasteiger partial charge on any atom is 0.328 e. The molecule has 1 fully saturated rings. The van der Waals surface area contributed by atoms with Gasteiger partial charge in [-0.2, -0.15) is 0 Å². The second kappa shape index (κ2) is 11.2. The summed E-state index contributed by atoms with van der Waals surface area (Å²) in [5.41, 5.74) is 1.68. The Balaban J connectivity index is 1.61. The number of carbonyl (C=O) groups is 3. The lowest BCUT2D eigenvalue weighted by Crippen LogP contribution is -2.42. The van der Waals surface area contributed by atoms with Gasteiger partial charge in [-0.1, -0.05) is 58.4 Å². The molecule has 1 atom stereocenters. The fraction of sp³-hybridized carbons (Fsp3) is 0.222. The first-order chi connectivity index (χ1) is 17.3. The zero-order valence-corrected chi connectivity index (χ0v) is 22.4. The number of halogens is 1. The molecule has 1 saturated heterocycles. The molecule has 1 aliphatic rings. The number of carbonyl (C=O) groups excluding carboxylic acids is 3. The summed E-state index contributed by atoms with van der Waals surface area (Å²) < 4.78 is 17.3. The molecule has 0 unspecified atom stereocenters. The maximum atomic E-state index is 12.9. The van der Waals surface area contributed by atoms with E-state index >= 15 is 0 Å². The van der Waals surface area contributed by atoms with Gasteiger partial charge >= 0.3 is 5.97 Å². The van der Waals surface area contributed by atoms with Gasteiger partial charge in [0, 0.05) is 4.47 Å². The fourth-order valence-electron chi connectivity index (χ4n) is 3.85. The summed E-state index contributed by atoms with van der Waals surface area (Å²) in [6, 6.07) is 16.7. The van der Waals surface area contributed by atoms with E-state index in [1.54, 1.807) is 18.2 Å². The van der Waals surface area contributed by atoms with Gasteiger partial charge in [0.25, 0.3) is 11.1 Å². The van der Waals surface area contributed by atoms with Crippen molar-refractivity contribution in [2.45, 2.75) is 26.5 Å². The Morgan fingerprint density at radius 1 is 1.08 bits per heavy atom. The lowest BCUT2D eigenvalue weighted by molar-refractivity contribution is -0.148. The number of hydrogen-bond acceptors (Lipinski definition) is 7. The van der Waals surface area contributed by atoms with Crippen molar-refractivity contribution < 1.29 is 28.6 Å². The lowest BCUT2D eigenvalue weighted by atomic mass is 10.1. The van der Waals surface area contributed by atoms with Crippen LogP contribution in [0.15, 0.2) is 64.0 Å². The van der Waals surface area contributed by atoms with Gasteiger partial charge in [0.05, 0.1) is 18.6 Å². The van der Waals surface area contributed by atoms with Gasteiger partial charge in [-0.15, -0.1) is 0 Å². The van der Waals surface area contributed by atoms with Crippen molar-refractivity contribution in [1.29, 1.82) is 0 Å². The van der Waals surface area contributed by atoms with Crippen molar-refractivity contribution in [3.8, 4) is 11.5 Å². The van der Waals surface area contributed by atoms with Crippen LogP contribution in [0.2, 0.25) is 0 Å². The van der Waals surface area contributed by atoms with Crippen LogP contribution < -0.4 is 9.47 Å². The molecule has 9 heteroatoms. The van der Waals surface area contributed by atoms with Gasteiger partial charge in [-0.3, -0.25) is 14.5 Å². The molecule has 186 valence electrons. The van der Waals surface area contributed by atoms with Crippen LogP contribution in [0.3, 0.4) is 0 Å². The molecule has 0 bridgehead atoms. The van der Waals surface area contributed by atoms with E-state index in [1.165, 1.54) is 14.0 Å². The molecule has 0 aliphatic carbocycles. The van der Waals surface area contributed by atoms with Crippen molar-refractivity contribution in [2.75, 3.05) is 13.7 Å². The number of amides is 2. The van der Waals surface area contributed by atoms with E-state index in [4.69, 9.17) is 9.47 Å². The summed E-state index contributed by atoms with van der Waals surface area (Å²) in [4.78, 5) is 38.3. The molecule has 2 amide bonds. The second-order valence-electron chi connectivity index (χ2n) is 7.93. The minimum atomic E-state index is -1.01. The predicted molar refractivity (Wildman–Crippen MR) is 143 cm³/mol. The van der Waals surface area contributed by atoms with E-state index in [9.17, 15) is 14.4 Å². The molecule has 0 spiro atoms. The molecule has 7 nitrogen and oxygen atoms in total. The Morgan fingerprint density at radius 2 is 1.81 bits per heavy atom. The van der Waals surface area contributed by atoms with E-state index in [0.717, 1.165) is 33.0 Å². The molecule has 36 heavy (non-hydrogen) atoms. The van der Waals surface area contributed by atoms with Crippen molar-refractivity contribution in [1.82, 2.24) is 4.90 Å². The molecule has 0 aromatic heterocycles. The van der Waals surface area contributed by atoms with Crippen LogP contribution in [0.5, 0.6) is 11.5 Å². The third-order valence-corrected chi connectivity index (χ3v) is 7.24. The van der Waals surface area contributed by atoms with Gasteiger partial charge in [0.2, 0.25) is 0 Å². The number of nitrogens with zero attached hydrogens (tertiary/aromatic N) is 1. The Kier molecular flexibility index (Phi) is 8.01. The van der Waals surface area contributed by atoms with Crippen LogP contribution in [-0.4, -0.2) is 41.8 Å². The maximum absolute atomic E-state index is 12.9. The predicted octanol–water partition coefficient (Wildman–Crippen LogP) is 6.18. The molecule has 0 N–H and O–H groups in total. The third kappa shape index (κ3) is 5.27. The van der Waals surface area contributed by atoms with Crippen molar-refractivity contribution in [3.63, 3.8) is 0 Å². The summed E-state index contributed by atoms with van der Waals surface area (Å²) in [6.45, 7) is 4.09. The summed E-state index contributed by atoms with van der Waals surface area (Å²) in [5.74, 6) is -0.161. The van der Waals surface area contributed by atoms with Crippen molar-refractivity contribution >= 4 is 61.7 Å². The zero-order valence-electron chi connectivity index (χ0n) is 19.9. The summed E-state index contributed by atoms with van der Waals surface area (Å²) in [5, 5.41) is 1.72. The first-order valence-corrected chi connectivity index (χ1v) is 12.9. The summed E-state index contributed by atoms with van der Waals surface area (Å²) in [7, 11) is 1.21. The number of rotatable bonds is 8. The molecule has 0 saturated carbocycles. The minimum Gasteiger partial charge on any atom is -0.490 e. The average Bonchev–Trinajstić information content (AvgIpc) is 3.16. The summed E-state index contributed by atoms with van der Waals surface area (Å²) >= 11 is 4.32. The minimum absolute atomic E-state index is 0.198. The molecule has 3 aromatic rings. The van der Waals surface area contributed by atoms with E-state index < -0.39 is 23.2 Å². The van der Waals surface area contributed by atoms with Crippen LogP contribution in [-0.2, 0) is 20.9 Å². The number of benzene rings is 3. The number of ether oxygens (including phenoxy) is 3. The molecular formula is C27H24BrNO6S. The zero-order chi connectivity index (χ0) is 25.8. The van der Waals surface area contributed by atoms with Gasteiger partial charge in [-0.05, 0) is 65.7 Å². The van der Waals surface area contributed by atoms with E-state index in [-0.39, 0.29) is 4.91 Å². The SMILES string of the molecule is CCOc1cc(/C=C2/SC(=O)N([C@@H](C)C(=O)OC)C2=O)c(Br)cc1OCc1cccc2ccccc12. The fourth-order valence-corrected chi connectivity index (χ4v) is 5.18. The lowest BCUT2D eigenvalue weighted by Gasteiger charge is -2.18. The van der Waals surface area contributed by atoms with Gasteiger partial charge in [-0.25, -0.2) is 4.79 Å². The first kappa shape index (κ1) is 25.8. The molecule has 1 heterocycles. The highest BCUT2D eigenvalue weighted by molar-refractivity contribution is 9.10. The Bertz CT molecular complexity index is 1370. The highest BCUT2D eigenvalue weighted by Gasteiger charge is 2.41. The van der Waals surface area contributed by atoms with E-state index in [1.807, 2.05) is 31.2 Å². The van der Waals surface area contributed by atoms with E-state index in [2.05, 4.69) is 38.9 Å². The van der Waals surface area contributed by atoms with Crippen molar-refractivity contribution in [2.24, 2.45) is 0 Å². The Labute approximate surface area is 221 Å². The monoisotopic (exact) mass is 569 g/mol. The van der Waals surface area contributed by atoms with Gasteiger partial charge in [0.15, 0.2) is 11.5 Å². The average molecular weight is 570 g/mol. The number of hydrogen-bond donors (Lipinski definition) is 0. The third-order valence-electron chi connectivity index (χ3n) is 5.67. The number of fused-ring (bicyclic) bond motifs is 1. The van der Waals surface area contributed by atoms with Gasteiger partial charge in [0.1, 0.15) is 12.6 Å². The topological polar surface area (TPSA) is 82.1 Å². The number of thioether (sulfide) groups is 1. The molecule has 4 rings (SSSR count).